The fraction of sp³-hybridized carbons (Fsp3) is 0.333. The van der Waals surface area contributed by atoms with Gasteiger partial charge in [-0.25, -0.2) is 10.8 Å². The molecule has 0 aliphatic carbocycles. The smallest absolute Gasteiger partial charge is 0.236 e. The predicted octanol–water partition coefficient (Wildman–Crippen LogP) is 1.40. The summed E-state index contributed by atoms with van der Waals surface area (Å²) in [5, 5.41) is 1.11. The molecule has 0 saturated heterocycles. The Balaban J connectivity index is 2.11. The number of carbonyl (C=O) groups is 1. The summed E-state index contributed by atoms with van der Waals surface area (Å²) in [5.41, 5.74) is 2.64. The minimum Gasteiger partial charge on any atom is -0.441 e. The minimum atomic E-state index is -0.0844. The molecule has 1 aromatic carbocycles. The van der Waals surface area contributed by atoms with Crippen LogP contribution in [0.1, 0.15) is 17.9 Å². The molecule has 0 aliphatic rings. The summed E-state index contributed by atoms with van der Waals surface area (Å²) in [6, 6.07) is 5.77. The first-order chi connectivity index (χ1) is 8.06. The van der Waals surface area contributed by atoms with Gasteiger partial charge in [0.15, 0.2) is 11.5 Å². The maximum absolute atomic E-state index is 11.3. The molecule has 1 heterocycles. The Morgan fingerprint density at radius 2 is 2.29 bits per heavy atom. The van der Waals surface area contributed by atoms with E-state index in [0.717, 1.165) is 21.7 Å². The van der Waals surface area contributed by atoms with Crippen molar-refractivity contribution in [3.8, 4) is 0 Å². The van der Waals surface area contributed by atoms with Crippen molar-refractivity contribution in [3.05, 3.63) is 29.7 Å². The van der Waals surface area contributed by atoms with Crippen molar-refractivity contribution in [2.75, 3.05) is 7.05 Å². The number of aryl methyl sites for hydroxylation is 2. The third-order valence-corrected chi connectivity index (χ3v) is 2.58. The molecule has 1 amide bonds. The summed E-state index contributed by atoms with van der Waals surface area (Å²) in [7, 11) is 1.55. The Labute approximate surface area is 99.2 Å². The predicted molar refractivity (Wildman–Crippen MR) is 64.0 cm³/mol. The highest BCUT2D eigenvalue weighted by atomic mass is 16.3. The van der Waals surface area contributed by atoms with E-state index >= 15 is 0 Å². The zero-order valence-electron chi connectivity index (χ0n) is 9.93. The Hall–Kier alpha value is -1.88. The van der Waals surface area contributed by atoms with Crippen LogP contribution in [0.3, 0.4) is 0 Å². The quantitative estimate of drug-likeness (QED) is 0.494. The van der Waals surface area contributed by atoms with E-state index in [1.54, 1.807) is 7.05 Å². The van der Waals surface area contributed by atoms with Crippen molar-refractivity contribution in [2.24, 2.45) is 5.84 Å². The number of hydrogen-bond acceptors (Lipinski definition) is 4. The van der Waals surface area contributed by atoms with Crippen LogP contribution in [-0.2, 0) is 11.2 Å². The number of hydrogen-bond donors (Lipinski definition) is 1. The fourth-order valence-electron chi connectivity index (χ4n) is 1.67. The molecule has 1 aromatic heterocycles. The van der Waals surface area contributed by atoms with Gasteiger partial charge in [0.25, 0.3) is 0 Å². The Bertz CT molecular complexity index is 546. The monoisotopic (exact) mass is 233 g/mol. The summed E-state index contributed by atoms with van der Waals surface area (Å²) >= 11 is 0. The van der Waals surface area contributed by atoms with Crippen LogP contribution in [0.15, 0.2) is 22.6 Å². The lowest BCUT2D eigenvalue weighted by Crippen LogP contribution is -2.33. The first kappa shape index (κ1) is 11.6. The minimum absolute atomic E-state index is 0.0844. The Kier molecular flexibility index (Phi) is 3.10. The van der Waals surface area contributed by atoms with Gasteiger partial charge >= 0.3 is 0 Å². The van der Waals surface area contributed by atoms with E-state index in [2.05, 4.69) is 4.98 Å². The zero-order valence-corrected chi connectivity index (χ0v) is 9.93. The van der Waals surface area contributed by atoms with Crippen molar-refractivity contribution in [1.82, 2.24) is 9.99 Å². The number of nitrogens with two attached hydrogens (primary N) is 1. The number of hydrazine groups is 1. The number of fused-ring (bicyclic) bond motifs is 1. The maximum atomic E-state index is 11.3. The van der Waals surface area contributed by atoms with Gasteiger partial charge in [0, 0.05) is 20.4 Å². The average molecular weight is 233 g/mol. The van der Waals surface area contributed by atoms with E-state index in [0.29, 0.717) is 18.7 Å². The van der Waals surface area contributed by atoms with E-state index in [1.807, 2.05) is 25.1 Å². The van der Waals surface area contributed by atoms with Crippen LogP contribution in [-0.4, -0.2) is 22.9 Å². The molecule has 0 bridgehead atoms. The topological polar surface area (TPSA) is 72.4 Å². The molecule has 0 atom stereocenters. The van der Waals surface area contributed by atoms with Crippen LogP contribution in [0.25, 0.3) is 11.1 Å². The average Bonchev–Trinajstić information content (AvgIpc) is 2.64. The van der Waals surface area contributed by atoms with E-state index in [1.165, 1.54) is 0 Å². The van der Waals surface area contributed by atoms with E-state index in [9.17, 15) is 4.79 Å². The normalized spacial score (nSPS) is 10.8. The summed E-state index contributed by atoms with van der Waals surface area (Å²) in [4.78, 5) is 15.6. The molecule has 17 heavy (non-hydrogen) atoms. The largest absolute Gasteiger partial charge is 0.441 e. The molecular weight excluding hydrogens is 218 g/mol. The highest BCUT2D eigenvalue weighted by Crippen LogP contribution is 2.17. The van der Waals surface area contributed by atoms with Gasteiger partial charge < -0.3 is 4.42 Å². The molecule has 0 fully saturated rings. The Morgan fingerprint density at radius 1 is 1.53 bits per heavy atom. The van der Waals surface area contributed by atoms with Crippen LogP contribution in [0.2, 0.25) is 0 Å². The summed E-state index contributed by atoms with van der Waals surface area (Å²) < 4.78 is 5.43. The lowest BCUT2D eigenvalue weighted by atomic mass is 10.1. The molecule has 2 rings (SSSR count). The lowest BCUT2D eigenvalue weighted by molar-refractivity contribution is -0.130. The molecule has 5 heteroatoms. The molecule has 2 aromatic rings. The molecule has 0 spiro atoms. The van der Waals surface area contributed by atoms with Crippen molar-refractivity contribution >= 4 is 17.0 Å². The molecule has 0 saturated carbocycles. The summed E-state index contributed by atoms with van der Waals surface area (Å²) in [5.74, 6) is 5.91. The van der Waals surface area contributed by atoms with Crippen LogP contribution in [0.5, 0.6) is 0 Å². The summed E-state index contributed by atoms with van der Waals surface area (Å²) in [6.45, 7) is 1.81. The van der Waals surface area contributed by atoms with Gasteiger partial charge in [-0.1, -0.05) is 6.07 Å². The molecular formula is C12H15N3O2. The van der Waals surface area contributed by atoms with Crippen LogP contribution in [0.4, 0.5) is 0 Å². The van der Waals surface area contributed by atoms with E-state index in [4.69, 9.17) is 10.3 Å². The second-order valence-electron chi connectivity index (χ2n) is 4.04. The van der Waals surface area contributed by atoms with E-state index in [-0.39, 0.29) is 5.91 Å². The van der Waals surface area contributed by atoms with Gasteiger partial charge in [-0.05, 0) is 24.1 Å². The number of aromatic nitrogens is 1. The van der Waals surface area contributed by atoms with E-state index < -0.39 is 0 Å². The summed E-state index contributed by atoms with van der Waals surface area (Å²) in [6.07, 6.45) is 1.04. The lowest BCUT2D eigenvalue weighted by Gasteiger charge is -2.09. The number of oxazole rings is 1. The van der Waals surface area contributed by atoms with Crippen LogP contribution < -0.4 is 5.84 Å². The van der Waals surface area contributed by atoms with Gasteiger partial charge in [0.2, 0.25) is 5.91 Å². The SMILES string of the molecule is Cc1nc2ccc(CCC(=O)N(C)N)cc2o1. The molecule has 0 aliphatic heterocycles. The third kappa shape index (κ3) is 2.62. The molecule has 2 N–H and O–H groups in total. The number of rotatable bonds is 3. The number of nitrogens with zero attached hydrogens (tertiary/aromatic N) is 2. The second kappa shape index (κ2) is 4.55. The molecule has 90 valence electrons. The van der Waals surface area contributed by atoms with Gasteiger partial charge in [0.05, 0.1) is 0 Å². The van der Waals surface area contributed by atoms with Gasteiger partial charge in [-0.3, -0.25) is 9.80 Å². The van der Waals surface area contributed by atoms with Crippen LogP contribution in [0, 0.1) is 6.92 Å². The molecule has 5 nitrogen and oxygen atoms in total. The maximum Gasteiger partial charge on any atom is 0.236 e. The third-order valence-electron chi connectivity index (χ3n) is 2.58. The number of amides is 1. The number of benzene rings is 1. The first-order valence-corrected chi connectivity index (χ1v) is 5.43. The fourth-order valence-corrected chi connectivity index (χ4v) is 1.67. The second-order valence-corrected chi connectivity index (χ2v) is 4.04. The van der Waals surface area contributed by atoms with Gasteiger partial charge in [-0.2, -0.15) is 0 Å². The zero-order chi connectivity index (χ0) is 12.4. The van der Waals surface area contributed by atoms with Crippen molar-refractivity contribution in [1.29, 1.82) is 0 Å². The standard InChI is InChI=1S/C12H15N3O2/c1-8-14-10-5-3-9(7-11(10)17-8)4-6-12(16)15(2)13/h3,5,7H,4,6,13H2,1-2H3. The molecule has 0 radical (unpaired) electrons. The van der Waals surface area contributed by atoms with Crippen LogP contribution >= 0.6 is 0 Å². The van der Waals surface area contributed by atoms with Crippen molar-refractivity contribution in [3.63, 3.8) is 0 Å². The highest BCUT2D eigenvalue weighted by Gasteiger charge is 2.07. The molecule has 0 unspecified atom stereocenters. The van der Waals surface area contributed by atoms with Gasteiger partial charge in [0.1, 0.15) is 5.52 Å². The van der Waals surface area contributed by atoms with Crippen molar-refractivity contribution in [2.45, 2.75) is 19.8 Å². The first-order valence-electron chi connectivity index (χ1n) is 5.43. The van der Waals surface area contributed by atoms with Gasteiger partial charge in [-0.15, -0.1) is 0 Å². The number of carbonyl (C=O) groups excluding carboxylic acids is 1. The van der Waals surface area contributed by atoms with Crippen molar-refractivity contribution < 1.29 is 9.21 Å². The Morgan fingerprint density at radius 3 is 3.00 bits per heavy atom. The highest BCUT2D eigenvalue weighted by molar-refractivity contribution is 5.76.